The number of carbonyl (C=O) groups excluding carboxylic acids is 1. The van der Waals surface area contributed by atoms with Gasteiger partial charge in [0, 0.05) is 23.4 Å². The average Bonchev–Trinajstić information content (AvgIpc) is 2.89. The summed E-state index contributed by atoms with van der Waals surface area (Å²) in [5.74, 6) is -0.128. The predicted octanol–water partition coefficient (Wildman–Crippen LogP) is 3.58. The minimum Gasteiger partial charge on any atom is -0.348 e. The molecule has 1 aromatic carbocycles. The lowest BCUT2D eigenvalue weighted by Gasteiger charge is -2.07. The fraction of sp³-hybridized carbons (Fsp3) is 0.167. The van der Waals surface area contributed by atoms with E-state index in [9.17, 15) is 4.79 Å². The Morgan fingerprint density at radius 2 is 1.96 bits per heavy atom. The highest BCUT2D eigenvalue weighted by molar-refractivity contribution is 9.10. The molecule has 3 aromatic rings. The van der Waals surface area contributed by atoms with Gasteiger partial charge in [-0.05, 0) is 49.7 Å². The number of carbonyl (C=O) groups is 1. The number of aryl methyl sites for hydroxylation is 1. The van der Waals surface area contributed by atoms with Gasteiger partial charge in [-0.3, -0.25) is 9.78 Å². The number of hydrogen-bond donors (Lipinski definition) is 1. The maximum atomic E-state index is 12.6. The van der Waals surface area contributed by atoms with Crippen molar-refractivity contribution in [2.24, 2.45) is 0 Å². The zero-order chi connectivity index (χ0) is 17.1. The zero-order valence-corrected chi connectivity index (χ0v) is 15.0. The van der Waals surface area contributed by atoms with Crippen LogP contribution < -0.4 is 5.32 Å². The maximum Gasteiger partial charge on any atom is 0.255 e. The molecule has 5 nitrogen and oxygen atoms in total. The summed E-state index contributed by atoms with van der Waals surface area (Å²) < 4.78 is 2.79. The van der Waals surface area contributed by atoms with E-state index in [2.05, 4.69) is 31.3 Å². The number of pyridine rings is 1. The highest BCUT2D eigenvalue weighted by Gasteiger charge is 2.19. The second kappa shape index (κ2) is 6.97. The van der Waals surface area contributed by atoms with Gasteiger partial charge in [0.1, 0.15) is 0 Å². The third kappa shape index (κ3) is 3.38. The third-order valence-electron chi connectivity index (χ3n) is 3.77. The molecule has 2 heterocycles. The summed E-state index contributed by atoms with van der Waals surface area (Å²) in [6.45, 7) is 4.19. The third-order valence-corrected chi connectivity index (χ3v) is 4.29. The second-order valence-electron chi connectivity index (χ2n) is 5.48. The van der Waals surface area contributed by atoms with E-state index in [0.29, 0.717) is 17.8 Å². The fourth-order valence-electron chi connectivity index (χ4n) is 2.58. The first-order valence-electron chi connectivity index (χ1n) is 7.55. The van der Waals surface area contributed by atoms with E-state index in [1.165, 1.54) is 0 Å². The molecule has 0 atom stereocenters. The van der Waals surface area contributed by atoms with E-state index in [4.69, 9.17) is 0 Å². The van der Waals surface area contributed by atoms with E-state index in [1.807, 2.05) is 50.2 Å². The number of nitrogens with zero attached hydrogens (tertiary/aromatic N) is 3. The van der Waals surface area contributed by atoms with Crippen LogP contribution in [0.5, 0.6) is 0 Å². The quantitative estimate of drug-likeness (QED) is 0.747. The number of nitrogens with one attached hydrogen (secondary N) is 1. The fourth-order valence-corrected chi connectivity index (χ4v) is 2.84. The Labute approximate surface area is 148 Å². The van der Waals surface area contributed by atoms with Crippen LogP contribution in [0.15, 0.2) is 53.3 Å². The van der Waals surface area contributed by atoms with Gasteiger partial charge in [-0.15, -0.1) is 0 Å². The summed E-state index contributed by atoms with van der Waals surface area (Å²) in [5.41, 5.74) is 4.02. The van der Waals surface area contributed by atoms with E-state index < -0.39 is 0 Å². The average molecular weight is 385 g/mol. The molecule has 0 spiro atoms. The summed E-state index contributed by atoms with van der Waals surface area (Å²) in [5, 5.41) is 7.45. The molecule has 3 rings (SSSR count). The molecule has 0 aliphatic heterocycles. The lowest BCUT2D eigenvalue weighted by molar-refractivity contribution is 0.0949. The molecule has 1 amide bonds. The lowest BCUT2D eigenvalue weighted by Crippen LogP contribution is -2.24. The van der Waals surface area contributed by atoms with Gasteiger partial charge < -0.3 is 5.32 Å². The molecule has 0 radical (unpaired) electrons. The molecular formula is C18H17BrN4O. The first kappa shape index (κ1) is 16.4. The molecule has 0 bridgehead atoms. The largest absolute Gasteiger partial charge is 0.348 e. The van der Waals surface area contributed by atoms with Crippen molar-refractivity contribution in [3.63, 3.8) is 0 Å². The van der Waals surface area contributed by atoms with Crippen molar-refractivity contribution >= 4 is 21.8 Å². The van der Waals surface area contributed by atoms with Gasteiger partial charge >= 0.3 is 0 Å². The number of benzene rings is 1. The molecule has 6 heteroatoms. The Morgan fingerprint density at radius 1 is 1.21 bits per heavy atom. The lowest BCUT2D eigenvalue weighted by atomic mass is 10.1. The number of amides is 1. The van der Waals surface area contributed by atoms with Crippen LogP contribution in [0.1, 0.15) is 27.3 Å². The molecule has 0 saturated carbocycles. The molecule has 0 aliphatic rings. The van der Waals surface area contributed by atoms with Crippen molar-refractivity contribution in [2.75, 3.05) is 0 Å². The smallest absolute Gasteiger partial charge is 0.255 e. The van der Waals surface area contributed by atoms with Crippen LogP contribution in [0.25, 0.3) is 5.69 Å². The van der Waals surface area contributed by atoms with Crippen molar-refractivity contribution in [1.29, 1.82) is 0 Å². The summed E-state index contributed by atoms with van der Waals surface area (Å²) in [7, 11) is 0. The standard InChI is InChI=1S/C18H17BrN4O/c1-12-17(18(24)21-11-14-4-3-9-20-10-14)13(2)23(22-12)16-7-5-15(19)6-8-16/h3-10H,11H2,1-2H3,(H,21,24). The summed E-state index contributed by atoms with van der Waals surface area (Å²) in [6.07, 6.45) is 3.45. The van der Waals surface area contributed by atoms with Crippen molar-refractivity contribution in [2.45, 2.75) is 20.4 Å². The van der Waals surface area contributed by atoms with Crippen molar-refractivity contribution in [1.82, 2.24) is 20.1 Å². The van der Waals surface area contributed by atoms with Crippen LogP contribution in [0.3, 0.4) is 0 Å². The number of aromatic nitrogens is 3. The number of rotatable bonds is 4. The van der Waals surface area contributed by atoms with Crippen molar-refractivity contribution in [3.05, 3.63) is 75.8 Å². The monoisotopic (exact) mass is 384 g/mol. The Kier molecular flexibility index (Phi) is 4.76. The van der Waals surface area contributed by atoms with Gasteiger partial charge in [0.25, 0.3) is 5.91 Å². The maximum absolute atomic E-state index is 12.6. The van der Waals surface area contributed by atoms with E-state index >= 15 is 0 Å². The topological polar surface area (TPSA) is 59.8 Å². The van der Waals surface area contributed by atoms with Gasteiger partial charge in [0.15, 0.2) is 0 Å². The summed E-state index contributed by atoms with van der Waals surface area (Å²) >= 11 is 3.42. The molecular weight excluding hydrogens is 368 g/mol. The van der Waals surface area contributed by atoms with Crippen LogP contribution in [-0.2, 0) is 6.54 Å². The van der Waals surface area contributed by atoms with Crippen LogP contribution in [0, 0.1) is 13.8 Å². The van der Waals surface area contributed by atoms with Crippen molar-refractivity contribution in [3.8, 4) is 5.69 Å². The molecule has 1 N–H and O–H groups in total. The molecule has 0 aliphatic carbocycles. The molecule has 2 aromatic heterocycles. The Bertz CT molecular complexity index is 857. The van der Waals surface area contributed by atoms with Crippen LogP contribution >= 0.6 is 15.9 Å². The molecule has 0 unspecified atom stereocenters. The molecule has 0 saturated heterocycles. The van der Waals surface area contributed by atoms with Gasteiger partial charge in [-0.25, -0.2) is 4.68 Å². The number of hydrogen-bond acceptors (Lipinski definition) is 3. The Hall–Kier alpha value is -2.47. The van der Waals surface area contributed by atoms with Gasteiger partial charge in [-0.1, -0.05) is 22.0 Å². The number of halogens is 1. The van der Waals surface area contributed by atoms with Crippen LogP contribution in [0.4, 0.5) is 0 Å². The second-order valence-corrected chi connectivity index (χ2v) is 6.39. The summed E-state index contributed by atoms with van der Waals surface area (Å²) in [6, 6.07) is 11.6. The highest BCUT2D eigenvalue weighted by Crippen LogP contribution is 2.20. The van der Waals surface area contributed by atoms with Crippen molar-refractivity contribution < 1.29 is 4.79 Å². The first-order chi connectivity index (χ1) is 11.6. The minimum atomic E-state index is -0.128. The summed E-state index contributed by atoms with van der Waals surface area (Å²) in [4.78, 5) is 16.6. The van der Waals surface area contributed by atoms with Gasteiger partial charge in [0.2, 0.25) is 0 Å². The van der Waals surface area contributed by atoms with E-state index in [-0.39, 0.29) is 5.91 Å². The molecule has 0 fully saturated rings. The molecule has 122 valence electrons. The normalized spacial score (nSPS) is 10.6. The first-order valence-corrected chi connectivity index (χ1v) is 8.35. The van der Waals surface area contributed by atoms with Crippen LogP contribution in [0.2, 0.25) is 0 Å². The highest BCUT2D eigenvalue weighted by atomic mass is 79.9. The molecule has 24 heavy (non-hydrogen) atoms. The predicted molar refractivity (Wildman–Crippen MR) is 96.1 cm³/mol. The van der Waals surface area contributed by atoms with Gasteiger partial charge in [-0.2, -0.15) is 5.10 Å². The SMILES string of the molecule is Cc1nn(-c2ccc(Br)cc2)c(C)c1C(=O)NCc1cccnc1. The Balaban J connectivity index is 1.83. The van der Waals surface area contributed by atoms with E-state index in [1.54, 1.807) is 17.1 Å². The minimum absolute atomic E-state index is 0.128. The van der Waals surface area contributed by atoms with E-state index in [0.717, 1.165) is 21.4 Å². The Morgan fingerprint density at radius 3 is 2.62 bits per heavy atom. The van der Waals surface area contributed by atoms with Gasteiger partial charge in [0.05, 0.1) is 22.6 Å². The zero-order valence-electron chi connectivity index (χ0n) is 13.5. The van der Waals surface area contributed by atoms with Crippen LogP contribution in [-0.4, -0.2) is 20.7 Å².